The molecule has 0 heterocycles. The molecule has 0 bridgehead atoms. The molecule has 0 amide bonds. The standard InChI is InChI=1S/C16H13F3O3/c17-10-5-6-15(14(19)9-10)22-8-7-12(16(20)21)11-3-1-2-4-13(11)18/h1-6,9,12H,7-8H2,(H,20,21). The normalized spacial score (nSPS) is 12.0. The molecular formula is C16H13F3O3. The molecule has 22 heavy (non-hydrogen) atoms. The van der Waals surface area contributed by atoms with Crippen molar-refractivity contribution in [3.8, 4) is 5.75 Å². The first-order chi connectivity index (χ1) is 10.5. The summed E-state index contributed by atoms with van der Waals surface area (Å²) in [7, 11) is 0. The Morgan fingerprint density at radius 2 is 1.82 bits per heavy atom. The maximum atomic E-state index is 13.7. The summed E-state index contributed by atoms with van der Waals surface area (Å²) in [5, 5.41) is 9.19. The Balaban J connectivity index is 2.04. The molecule has 0 aliphatic heterocycles. The van der Waals surface area contributed by atoms with Gasteiger partial charge in [-0.25, -0.2) is 13.2 Å². The second-order valence-corrected chi connectivity index (χ2v) is 4.62. The van der Waals surface area contributed by atoms with Gasteiger partial charge in [-0.1, -0.05) is 18.2 Å². The summed E-state index contributed by atoms with van der Waals surface area (Å²) < 4.78 is 44.9. The van der Waals surface area contributed by atoms with E-state index >= 15 is 0 Å². The van der Waals surface area contributed by atoms with Gasteiger partial charge in [0.1, 0.15) is 11.6 Å². The van der Waals surface area contributed by atoms with Crippen molar-refractivity contribution in [3.63, 3.8) is 0 Å². The highest BCUT2D eigenvalue weighted by atomic mass is 19.1. The fourth-order valence-electron chi connectivity index (χ4n) is 2.05. The molecule has 3 nitrogen and oxygen atoms in total. The van der Waals surface area contributed by atoms with Gasteiger partial charge in [-0.3, -0.25) is 4.79 Å². The molecule has 0 saturated carbocycles. The zero-order valence-electron chi connectivity index (χ0n) is 11.4. The summed E-state index contributed by atoms with van der Waals surface area (Å²) in [6, 6.07) is 8.36. The Morgan fingerprint density at radius 3 is 2.45 bits per heavy atom. The van der Waals surface area contributed by atoms with Gasteiger partial charge in [-0.15, -0.1) is 0 Å². The molecule has 0 aliphatic rings. The van der Waals surface area contributed by atoms with Crippen LogP contribution in [-0.2, 0) is 4.79 Å². The molecule has 2 aromatic rings. The van der Waals surface area contributed by atoms with E-state index in [0.717, 1.165) is 12.1 Å². The van der Waals surface area contributed by atoms with Crippen LogP contribution in [0.2, 0.25) is 0 Å². The molecule has 0 spiro atoms. The molecule has 2 aromatic carbocycles. The minimum Gasteiger partial charge on any atom is -0.490 e. The highest BCUT2D eigenvalue weighted by Crippen LogP contribution is 2.24. The second-order valence-electron chi connectivity index (χ2n) is 4.62. The van der Waals surface area contributed by atoms with Crippen molar-refractivity contribution >= 4 is 5.97 Å². The third-order valence-corrected chi connectivity index (χ3v) is 3.14. The van der Waals surface area contributed by atoms with E-state index < -0.39 is 29.3 Å². The zero-order valence-corrected chi connectivity index (χ0v) is 11.4. The fraction of sp³-hybridized carbons (Fsp3) is 0.188. The summed E-state index contributed by atoms with van der Waals surface area (Å²) in [5.41, 5.74) is 0.0400. The average molecular weight is 310 g/mol. The summed E-state index contributed by atoms with van der Waals surface area (Å²) in [6.07, 6.45) is -0.0485. The number of hydrogen-bond donors (Lipinski definition) is 1. The van der Waals surface area contributed by atoms with Crippen molar-refractivity contribution in [2.75, 3.05) is 6.61 Å². The molecule has 6 heteroatoms. The Labute approximate surface area is 125 Å². The lowest BCUT2D eigenvalue weighted by Gasteiger charge is -2.14. The Kier molecular flexibility index (Phi) is 5.04. The topological polar surface area (TPSA) is 46.5 Å². The van der Waals surface area contributed by atoms with E-state index in [-0.39, 0.29) is 24.3 Å². The quantitative estimate of drug-likeness (QED) is 0.884. The molecule has 0 aliphatic carbocycles. The molecule has 0 fully saturated rings. The number of carbonyl (C=O) groups is 1. The molecule has 1 atom stereocenters. The minimum absolute atomic E-state index is 0.0400. The van der Waals surface area contributed by atoms with Gasteiger partial charge in [0.2, 0.25) is 0 Å². The van der Waals surface area contributed by atoms with Gasteiger partial charge < -0.3 is 9.84 Å². The molecule has 116 valence electrons. The van der Waals surface area contributed by atoms with Crippen molar-refractivity contribution in [3.05, 3.63) is 65.5 Å². The maximum absolute atomic E-state index is 13.7. The van der Waals surface area contributed by atoms with Gasteiger partial charge in [-0.2, -0.15) is 0 Å². The number of halogens is 3. The molecule has 0 saturated heterocycles. The SMILES string of the molecule is O=C(O)C(CCOc1ccc(F)cc1F)c1ccccc1F. The lowest BCUT2D eigenvalue weighted by atomic mass is 9.96. The smallest absolute Gasteiger partial charge is 0.311 e. The summed E-state index contributed by atoms with van der Waals surface area (Å²) in [6.45, 7) is -0.145. The highest BCUT2D eigenvalue weighted by molar-refractivity contribution is 5.76. The van der Waals surface area contributed by atoms with Crippen LogP contribution < -0.4 is 4.74 Å². The van der Waals surface area contributed by atoms with Crippen molar-refractivity contribution in [2.24, 2.45) is 0 Å². The zero-order chi connectivity index (χ0) is 16.1. The molecule has 0 aromatic heterocycles. The van der Waals surface area contributed by atoms with Crippen molar-refractivity contribution in [2.45, 2.75) is 12.3 Å². The molecule has 1 N–H and O–H groups in total. The number of benzene rings is 2. The van der Waals surface area contributed by atoms with Gasteiger partial charge in [0.25, 0.3) is 0 Å². The van der Waals surface area contributed by atoms with Crippen LogP contribution in [0.4, 0.5) is 13.2 Å². The molecule has 2 rings (SSSR count). The van der Waals surface area contributed by atoms with Gasteiger partial charge >= 0.3 is 5.97 Å². The van der Waals surface area contributed by atoms with Gasteiger partial charge in [0.15, 0.2) is 11.6 Å². The van der Waals surface area contributed by atoms with E-state index in [2.05, 4.69) is 0 Å². The monoisotopic (exact) mass is 310 g/mol. The van der Waals surface area contributed by atoms with Crippen LogP contribution in [0.5, 0.6) is 5.75 Å². The van der Waals surface area contributed by atoms with Crippen LogP contribution >= 0.6 is 0 Å². The summed E-state index contributed by atoms with van der Waals surface area (Å²) >= 11 is 0. The third-order valence-electron chi connectivity index (χ3n) is 3.14. The van der Waals surface area contributed by atoms with E-state index in [4.69, 9.17) is 4.74 Å². The molecule has 0 radical (unpaired) electrons. The molecule has 1 unspecified atom stereocenters. The predicted octanol–water partition coefficient (Wildman–Crippen LogP) is 3.74. The van der Waals surface area contributed by atoms with Crippen molar-refractivity contribution < 1.29 is 27.8 Å². The Hall–Kier alpha value is -2.50. The lowest BCUT2D eigenvalue weighted by Crippen LogP contribution is -2.16. The third kappa shape index (κ3) is 3.78. The number of ether oxygens (including phenoxy) is 1. The Bertz CT molecular complexity index is 673. The number of hydrogen-bond acceptors (Lipinski definition) is 2. The van der Waals surface area contributed by atoms with E-state index in [1.807, 2.05) is 0 Å². The first-order valence-corrected chi connectivity index (χ1v) is 6.54. The number of carboxylic acid groups (broad SMARTS) is 1. The van der Waals surface area contributed by atoms with E-state index in [9.17, 15) is 23.1 Å². The predicted molar refractivity (Wildman–Crippen MR) is 73.2 cm³/mol. The minimum atomic E-state index is -1.20. The van der Waals surface area contributed by atoms with Crippen molar-refractivity contribution in [1.82, 2.24) is 0 Å². The number of carboxylic acids is 1. The van der Waals surface area contributed by atoms with Crippen LogP contribution in [0.25, 0.3) is 0 Å². The Morgan fingerprint density at radius 1 is 1.09 bits per heavy atom. The summed E-state index contributed by atoms with van der Waals surface area (Å²) in [4.78, 5) is 11.3. The van der Waals surface area contributed by atoms with Gasteiger partial charge in [0, 0.05) is 11.6 Å². The lowest BCUT2D eigenvalue weighted by molar-refractivity contribution is -0.139. The van der Waals surface area contributed by atoms with Crippen molar-refractivity contribution in [1.29, 1.82) is 0 Å². The van der Waals surface area contributed by atoms with Gasteiger partial charge in [-0.05, 0) is 24.6 Å². The molecular weight excluding hydrogens is 297 g/mol. The number of rotatable bonds is 6. The van der Waals surface area contributed by atoms with Gasteiger partial charge in [0.05, 0.1) is 12.5 Å². The maximum Gasteiger partial charge on any atom is 0.311 e. The van der Waals surface area contributed by atoms with Crippen LogP contribution in [0.15, 0.2) is 42.5 Å². The second kappa shape index (κ2) is 6.98. The van der Waals surface area contributed by atoms with Crippen LogP contribution in [0, 0.1) is 17.5 Å². The van der Waals surface area contributed by atoms with Crippen LogP contribution in [0.3, 0.4) is 0 Å². The first kappa shape index (κ1) is 15.9. The highest BCUT2D eigenvalue weighted by Gasteiger charge is 2.23. The largest absolute Gasteiger partial charge is 0.490 e. The van der Waals surface area contributed by atoms with E-state index in [1.54, 1.807) is 0 Å². The van der Waals surface area contributed by atoms with Crippen LogP contribution in [-0.4, -0.2) is 17.7 Å². The van der Waals surface area contributed by atoms with E-state index in [0.29, 0.717) is 6.07 Å². The van der Waals surface area contributed by atoms with E-state index in [1.165, 1.54) is 24.3 Å². The summed E-state index contributed by atoms with van der Waals surface area (Å²) in [5.74, 6) is -4.72. The fourth-order valence-corrected chi connectivity index (χ4v) is 2.05. The number of aliphatic carboxylic acids is 1. The van der Waals surface area contributed by atoms with Crippen LogP contribution in [0.1, 0.15) is 17.9 Å². The first-order valence-electron chi connectivity index (χ1n) is 6.54. The average Bonchev–Trinajstić information content (AvgIpc) is 2.46.